The SMILES string of the molecule is CCN(CCC#N)c1ccc(C[NH2+]Cc2ccc(C)cc2)c(C)c1. The Morgan fingerprint density at radius 2 is 1.79 bits per heavy atom. The number of hydrogen-bond acceptors (Lipinski definition) is 2. The molecule has 0 bridgehead atoms. The van der Waals surface area contributed by atoms with Crippen LogP contribution in [-0.4, -0.2) is 13.1 Å². The largest absolute Gasteiger partial charge is 0.371 e. The van der Waals surface area contributed by atoms with Crippen molar-refractivity contribution in [2.45, 2.75) is 40.3 Å². The van der Waals surface area contributed by atoms with E-state index in [0.717, 1.165) is 26.2 Å². The Hall–Kier alpha value is -2.31. The first-order valence-electron chi connectivity index (χ1n) is 8.72. The number of quaternary nitrogens is 1. The van der Waals surface area contributed by atoms with Crippen LogP contribution in [0.25, 0.3) is 0 Å². The molecule has 24 heavy (non-hydrogen) atoms. The van der Waals surface area contributed by atoms with Gasteiger partial charge in [-0.2, -0.15) is 5.26 Å². The third-order valence-electron chi connectivity index (χ3n) is 4.43. The maximum atomic E-state index is 8.78. The van der Waals surface area contributed by atoms with Gasteiger partial charge in [-0.15, -0.1) is 0 Å². The lowest BCUT2D eigenvalue weighted by Crippen LogP contribution is -2.80. The summed E-state index contributed by atoms with van der Waals surface area (Å²) in [4.78, 5) is 2.26. The van der Waals surface area contributed by atoms with E-state index in [4.69, 9.17) is 5.26 Å². The van der Waals surface area contributed by atoms with E-state index in [1.807, 2.05) is 0 Å². The van der Waals surface area contributed by atoms with E-state index < -0.39 is 0 Å². The second kappa shape index (κ2) is 9.10. The molecular weight excluding hydrogens is 294 g/mol. The van der Waals surface area contributed by atoms with Crippen molar-refractivity contribution in [1.82, 2.24) is 0 Å². The summed E-state index contributed by atoms with van der Waals surface area (Å²) < 4.78 is 0. The maximum Gasteiger partial charge on any atom is 0.102 e. The molecule has 0 amide bonds. The van der Waals surface area contributed by atoms with Crippen molar-refractivity contribution in [1.29, 1.82) is 5.26 Å². The summed E-state index contributed by atoms with van der Waals surface area (Å²) in [6, 6.07) is 17.6. The molecule has 0 aliphatic heterocycles. The van der Waals surface area contributed by atoms with Crippen molar-refractivity contribution >= 4 is 5.69 Å². The van der Waals surface area contributed by atoms with Crippen molar-refractivity contribution in [3.8, 4) is 6.07 Å². The van der Waals surface area contributed by atoms with Crippen molar-refractivity contribution in [3.05, 3.63) is 64.7 Å². The summed E-state index contributed by atoms with van der Waals surface area (Å²) in [6.07, 6.45) is 0.568. The topological polar surface area (TPSA) is 43.6 Å². The van der Waals surface area contributed by atoms with Gasteiger partial charge in [0.25, 0.3) is 0 Å². The number of aryl methyl sites for hydroxylation is 2. The molecule has 0 radical (unpaired) electrons. The minimum Gasteiger partial charge on any atom is -0.371 e. The molecule has 2 rings (SSSR count). The standard InChI is InChI=1S/C21H27N3/c1-4-24(13-5-12-22)21-11-10-20(18(3)14-21)16-23-15-19-8-6-17(2)7-9-19/h6-11,14,23H,4-5,13,15-16H2,1-3H3/p+1. The van der Waals surface area contributed by atoms with Gasteiger partial charge in [-0.25, -0.2) is 0 Å². The third kappa shape index (κ3) is 5.11. The molecule has 0 saturated heterocycles. The van der Waals surface area contributed by atoms with E-state index in [0.29, 0.717) is 6.42 Å². The highest BCUT2D eigenvalue weighted by atomic mass is 15.1. The molecule has 0 aromatic heterocycles. The predicted molar refractivity (Wildman–Crippen MR) is 99.8 cm³/mol. The van der Waals surface area contributed by atoms with Crippen LogP contribution in [0.4, 0.5) is 5.69 Å². The Bertz CT molecular complexity index is 683. The van der Waals surface area contributed by atoms with Crippen LogP contribution in [0.5, 0.6) is 0 Å². The number of nitriles is 1. The number of nitrogens with two attached hydrogens (primary N) is 1. The Kier molecular flexibility index (Phi) is 6.84. The first-order valence-corrected chi connectivity index (χ1v) is 8.72. The molecule has 0 aliphatic carbocycles. The molecule has 0 heterocycles. The van der Waals surface area contributed by atoms with E-state index in [1.165, 1.54) is 27.9 Å². The lowest BCUT2D eigenvalue weighted by Gasteiger charge is -2.22. The van der Waals surface area contributed by atoms with Crippen LogP contribution in [0.15, 0.2) is 42.5 Å². The van der Waals surface area contributed by atoms with Gasteiger partial charge in [0.05, 0.1) is 12.5 Å². The highest BCUT2D eigenvalue weighted by molar-refractivity contribution is 5.50. The van der Waals surface area contributed by atoms with Crippen molar-refractivity contribution < 1.29 is 5.32 Å². The average molecular weight is 322 g/mol. The molecule has 0 fully saturated rings. The highest BCUT2D eigenvalue weighted by Gasteiger charge is 2.07. The molecule has 0 spiro atoms. The minimum absolute atomic E-state index is 0.568. The van der Waals surface area contributed by atoms with Crippen LogP contribution in [0.3, 0.4) is 0 Å². The van der Waals surface area contributed by atoms with E-state index in [1.54, 1.807) is 0 Å². The fourth-order valence-electron chi connectivity index (χ4n) is 2.88. The zero-order chi connectivity index (χ0) is 17.4. The van der Waals surface area contributed by atoms with Crippen molar-refractivity contribution in [2.75, 3.05) is 18.0 Å². The van der Waals surface area contributed by atoms with Gasteiger partial charge in [0, 0.05) is 29.9 Å². The van der Waals surface area contributed by atoms with Gasteiger partial charge in [0.1, 0.15) is 13.1 Å². The van der Waals surface area contributed by atoms with Crippen LogP contribution in [0.2, 0.25) is 0 Å². The number of nitrogens with zero attached hydrogens (tertiary/aromatic N) is 2. The van der Waals surface area contributed by atoms with Crippen LogP contribution in [-0.2, 0) is 13.1 Å². The molecule has 0 aliphatic rings. The first-order chi connectivity index (χ1) is 11.6. The Morgan fingerprint density at radius 3 is 2.42 bits per heavy atom. The summed E-state index contributed by atoms with van der Waals surface area (Å²) in [6.45, 7) is 10.2. The van der Waals surface area contributed by atoms with Crippen molar-refractivity contribution in [2.24, 2.45) is 0 Å². The van der Waals surface area contributed by atoms with Crippen LogP contribution >= 0.6 is 0 Å². The molecular formula is C21H28N3+. The fraction of sp³-hybridized carbons (Fsp3) is 0.381. The normalized spacial score (nSPS) is 10.4. The molecule has 2 aromatic rings. The highest BCUT2D eigenvalue weighted by Crippen LogP contribution is 2.19. The minimum atomic E-state index is 0.568. The van der Waals surface area contributed by atoms with Gasteiger partial charge < -0.3 is 10.2 Å². The van der Waals surface area contributed by atoms with E-state index in [2.05, 4.69) is 79.5 Å². The van der Waals surface area contributed by atoms with Crippen LogP contribution in [0, 0.1) is 25.2 Å². The number of rotatable bonds is 8. The summed E-state index contributed by atoms with van der Waals surface area (Å²) in [5.74, 6) is 0. The Labute approximate surface area is 145 Å². The first kappa shape index (κ1) is 18.0. The Balaban J connectivity index is 1.94. The summed E-state index contributed by atoms with van der Waals surface area (Å²) in [7, 11) is 0. The molecule has 2 aromatic carbocycles. The third-order valence-corrected chi connectivity index (χ3v) is 4.43. The average Bonchev–Trinajstić information content (AvgIpc) is 2.59. The predicted octanol–water partition coefficient (Wildman–Crippen LogP) is 3.31. The number of anilines is 1. The summed E-state index contributed by atoms with van der Waals surface area (Å²) >= 11 is 0. The molecule has 3 nitrogen and oxygen atoms in total. The second-order valence-corrected chi connectivity index (χ2v) is 6.28. The molecule has 0 atom stereocenters. The van der Waals surface area contributed by atoms with Gasteiger partial charge in [-0.1, -0.05) is 35.9 Å². The lowest BCUT2D eigenvalue weighted by atomic mass is 10.1. The number of hydrogen-bond donors (Lipinski definition) is 1. The molecule has 0 saturated carbocycles. The van der Waals surface area contributed by atoms with Gasteiger partial charge in [-0.05, 0) is 38.5 Å². The second-order valence-electron chi connectivity index (χ2n) is 6.28. The van der Waals surface area contributed by atoms with Crippen LogP contribution < -0.4 is 10.2 Å². The Morgan fingerprint density at radius 1 is 1.04 bits per heavy atom. The number of benzene rings is 2. The van der Waals surface area contributed by atoms with Gasteiger partial charge >= 0.3 is 0 Å². The fourth-order valence-corrected chi connectivity index (χ4v) is 2.88. The maximum absolute atomic E-state index is 8.78. The van der Waals surface area contributed by atoms with Gasteiger partial charge in [0.2, 0.25) is 0 Å². The molecule has 2 N–H and O–H groups in total. The van der Waals surface area contributed by atoms with Crippen LogP contribution in [0.1, 0.15) is 35.6 Å². The van der Waals surface area contributed by atoms with Gasteiger partial charge in [0.15, 0.2) is 0 Å². The van der Waals surface area contributed by atoms with E-state index >= 15 is 0 Å². The smallest absolute Gasteiger partial charge is 0.102 e. The molecule has 0 unspecified atom stereocenters. The lowest BCUT2D eigenvalue weighted by molar-refractivity contribution is -0.686. The summed E-state index contributed by atoms with van der Waals surface area (Å²) in [5, 5.41) is 11.1. The monoisotopic (exact) mass is 322 g/mol. The quantitative estimate of drug-likeness (QED) is 0.810. The zero-order valence-electron chi connectivity index (χ0n) is 15.0. The van der Waals surface area contributed by atoms with E-state index in [9.17, 15) is 0 Å². The molecule has 3 heteroatoms. The molecule has 126 valence electrons. The zero-order valence-corrected chi connectivity index (χ0v) is 15.0. The van der Waals surface area contributed by atoms with Gasteiger partial charge in [-0.3, -0.25) is 0 Å². The summed E-state index contributed by atoms with van der Waals surface area (Å²) in [5.41, 5.74) is 6.59. The van der Waals surface area contributed by atoms with Crippen molar-refractivity contribution in [3.63, 3.8) is 0 Å². The van der Waals surface area contributed by atoms with E-state index in [-0.39, 0.29) is 0 Å².